The van der Waals surface area contributed by atoms with Crippen LogP contribution in [0, 0.1) is 16.0 Å². The molecular weight excluding hydrogens is 248 g/mol. The molecule has 0 aliphatic heterocycles. The Labute approximate surface area is 111 Å². The minimum Gasteiger partial charge on any atom is -0.478 e. The number of hydrogen-bond donors (Lipinski definition) is 2. The van der Waals surface area contributed by atoms with Gasteiger partial charge in [0.2, 0.25) is 0 Å². The maximum absolute atomic E-state index is 11.1. The number of rotatable bonds is 7. The minimum atomic E-state index is -1.17. The smallest absolute Gasteiger partial charge is 0.338 e. The first-order valence-electron chi connectivity index (χ1n) is 6.17. The summed E-state index contributed by atoms with van der Waals surface area (Å²) in [5.41, 5.74) is 0.130. The van der Waals surface area contributed by atoms with Gasteiger partial charge in [0.05, 0.1) is 10.5 Å². The number of anilines is 1. The van der Waals surface area contributed by atoms with Crippen molar-refractivity contribution < 1.29 is 14.8 Å². The standard InChI is InChI=1S/C13H18N2O4/c1-9(2)4-3-7-14-12-6-5-10(15(18)19)8-11(12)13(16)17/h5-6,8-9,14H,3-4,7H2,1-2H3,(H,16,17). The van der Waals surface area contributed by atoms with E-state index in [0.29, 0.717) is 18.2 Å². The van der Waals surface area contributed by atoms with Crippen molar-refractivity contribution in [2.45, 2.75) is 26.7 Å². The first-order chi connectivity index (χ1) is 8.91. The van der Waals surface area contributed by atoms with Crippen LogP contribution in [-0.4, -0.2) is 22.5 Å². The van der Waals surface area contributed by atoms with Crippen LogP contribution in [-0.2, 0) is 0 Å². The first-order valence-corrected chi connectivity index (χ1v) is 6.17. The summed E-state index contributed by atoms with van der Waals surface area (Å²) in [6.07, 6.45) is 1.97. The first kappa shape index (κ1) is 14.9. The monoisotopic (exact) mass is 266 g/mol. The lowest BCUT2D eigenvalue weighted by molar-refractivity contribution is -0.384. The zero-order chi connectivity index (χ0) is 14.4. The molecule has 19 heavy (non-hydrogen) atoms. The van der Waals surface area contributed by atoms with Gasteiger partial charge in [-0.15, -0.1) is 0 Å². The molecule has 1 aromatic rings. The number of aromatic carboxylic acids is 1. The highest BCUT2D eigenvalue weighted by Gasteiger charge is 2.15. The third kappa shape index (κ3) is 4.57. The molecule has 0 aromatic heterocycles. The molecule has 104 valence electrons. The Balaban J connectivity index is 2.77. The molecule has 0 saturated heterocycles. The summed E-state index contributed by atoms with van der Waals surface area (Å²) >= 11 is 0. The number of nitro benzene ring substituents is 1. The highest BCUT2D eigenvalue weighted by Crippen LogP contribution is 2.22. The highest BCUT2D eigenvalue weighted by molar-refractivity contribution is 5.95. The largest absolute Gasteiger partial charge is 0.478 e. The van der Waals surface area contributed by atoms with Gasteiger partial charge in [-0.1, -0.05) is 13.8 Å². The van der Waals surface area contributed by atoms with Crippen molar-refractivity contribution in [2.24, 2.45) is 5.92 Å². The number of carboxylic acids is 1. The summed E-state index contributed by atoms with van der Waals surface area (Å²) in [4.78, 5) is 21.1. The van der Waals surface area contributed by atoms with E-state index in [1.165, 1.54) is 12.1 Å². The fourth-order valence-electron chi connectivity index (χ4n) is 1.71. The molecule has 6 heteroatoms. The molecule has 6 nitrogen and oxygen atoms in total. The quantitative estimate of drug-likeness (QED) is 0.449. The molecule has 0 fully saturated rings. The maximum atomic E-state index is 11.1. The zero-order valence-corrected chi connectivity index (χ0v) is 11.0. The van der Waals surface area contributed by atoms with Crippen LogP contribution in [0.3, 0.4) is 0 Å². The van der Waals surface area contributed by atoms with E-state index in [0.717, 1.165) is 18.9 Å². The van der Waals surface area contributed by atoms with E-state index >= 15 is 0 Å². The van der Waals surface area contributed by atoms with Gasteiger partial charge in [-0.2, -0.15) is 0 Å². The molecule has 0 amide bonds. The van der Waals surface area contributed by atoms with Crippen molar-refractivity contribution in [3.05, 3.63) is 33.9 Å². The van der Waals surface area contributed by atoms with Crippen LogP contribution in [0.5, 0.6) is 0 Å². The summed E-state index contributed by atoms with van der Waals surface area (Å²) in [5, 5.41) is 22.7. The van der Waals surface area contributed by atoms with E-state index in [-0.39, 0.29) is 11.3 Å². The molecule has 0 atom stereocenters. The molecule has 0 radical (unpaired) electrons. The summed E-state index contributed by atoms with van der Waals surface area (Å²) < 4.78 is 0. The second-order valence-electron chi connectivity index (χ2n) is 4.76. The van der Waals surface area contributed by atoms with E-state index < -0.39 is 10.9 Å². The van der Waals surface area contributed by atoms with Crippen molar-refractivity contribution in [3.8, 4) is 0 Å². The predicted octanol–water partition coefficient (Wildman–Crippen LogP) is 3.14. The number of nitro groups is 1. The fourth-order valence-corrected chi connectivity index (χ4v) is 1.71. The number of carbonyl (C=O) groups is 1. The number of nitrogens with zero attached hydrogens (tertiary/aromatic N) is 1. The Bertz CT molecular complexity index is 472. The van der Waals surface area contributed by atoms with Crippen molar-refractivity contribution in [1.29, 1.82) is 0 Å². The second-order valence-corrected chi connectivity index (χ2v) is 4.76. The van der Waals surface area contributed by atoms with Crippen LogP contribution in [0.25, 0.3) is 0 Å². The third-order valence-corrected chi connectivity index (χ3v) is 2.72. The SMILES string of the molecule is CC(C)CCCNc1ccc([N+](=O)[O-])cc1C(=O)O. The number of nitrogens with one attached hydrogen (secondary N) is 1. The molecule has 2 N–H and O–H groups in total. The Hall–Kier alpha value is -2.11. The molecular formula is C13H18N2O4. The van der Waals surface area contributed by atoms with Gasteiger partial charge < -0.3 is 10.4 Å². The summed E-state index contributed by atoms with van der Waals surface area (Å²) in [6, 6.07) is 3.82. The molecule has 0 bridgehead atoms. The topological polar surface area (TPSA) is 92.5 Å². The van der Waals surface area contributed by atoms with Crippen molar-refractivity contribution >= 4 is 17.3 Å². The Morgan fingerprint density at radius 2 is 2.16 bits per heavy atom. The average molecular weight is 266 g/mol. The Kier molecular flexibility index (Phi) is 5.29. The Morgan fingerprint density at radius 3 is 2.68 bits per heavy atom. The molecule has 0 unspecified atom stereocenters. The van der Waals surface area contributed by atoms with Gasteiger partial charge in [0.1, 0.15) is 0 Å². The zero-order valence-electron chi connectivity index (χ0n) is 11.0. The fraction of sp³-hybridized carbons (Fsp3) is 0.462. The maximum Gasteiger partial charge on any atom is 0.338 e. The molecule has 0 heterocycles. The number of carboxylic acid groups (broad SMARTS) is 1. The van der Waals surface area contributed by atoms with E-state index in [2.05, 4.69) is 19.2 Å². The van der Waals surface area contributed by atoms with Crippen molar-refractivity contribution in [3.63, 3.8) is 0 Å². The molecule has 0 saturated carbocycles. The third-order valence-electron chi connectivity index (χ3n) is 2.72. The highest BCUT2D eigenvalue weighted by atomic mass is 16.6. The second kappa shape index (κ2) is 6.72. The van der Waals surface area contributed by atoms with E-state index in [4.69, 9.17) is 5.11 Å². The van der Waals surface area contributed by atoms with Crippen LogP contribution in [0.2, 0.25) is 0 Å². The van der Waals surface area contributed by atoms with Gasteiger partial charge in [0.25, 0.3) is 5.69 Å². The van der Waals surface area contributed by atoms with Crippen LogP contribution in [0.4, 0.5) is 11.4 Å². The van der Waals surface area contributed by atoms with Crippen LogP contribution in [0.15, 0.2) is 18.2 Å². The lowest BCUT2D eigenvalue weighted by atomic mass is 10.1. The average Bonchev–Trinajstić information content (AvgIpc) is 2.34. The predicted molar refractivity (Wildman–Crippen MR) is 72.6 cm³/mol. The van der Waals surface area contributed by atoms with Gasteiger partial charge in [0.15, 0.2) is 0 Å². The Morgan fingerprint density at radius 1 is 1.47 bits per heavy atom. The molecule has 0 spiro atoms. The van der Waals surface area contributed by atoms with Gasteiger partial charge in [-0.25, -0.2) is 4.79 Å². The van der Waals surface area contributed by atoms with Crippen LogP contribution in [0.1, 0.15) is 37.0 Å². The van der Waals surface area contributed by atoms with Crippen LogP contribution >= 0.6 is 0 Å². The van der Waals surface area contributed by atoms with E-state index in [9.17, 15) is 14.9 Å². The summed E-state index contributed by atoms with van der Waals surface area (Å²) in [5.74, 6) is -0.576. The summed E-state index contributed by atoms with van der Waals surface area (Å²) in [6.45, 7) is 4.89. The van der Waals surface area contributed by atoms with Crippen LogP contribution < -0.4 is 5.32 Å². The van der Waals surface area contributed by atoms with Crippen molar-refractivity contribution in [1.82, 2.24) is 0 Å². The molecule has 1 aromatic carbocycles. The minimum absolute atomic E-state index is 0.0706. The van der Waals surface area contributed by atoms with Crippen molar-refractivity contribution in [2.75, 3.05) is 11.9 Å². The lowest BCUT2D eigenvalue weighted by Crippen LogP contribution is -2.09. The van der Waals surface area contributed by atoms with Gasteiger partial charge >= 0.3 is 5.97 Å². The molecule has 0 aliphatic carbocycles. The normalized spacial score (nSPS) is 10.5. The number of benzene rings is 1. The van der Waals surface area contributed by atoms with Gasteiger partial charge in [-0.05, 0) is 24.8 Å². The number of non-ortho nitro benzene ring substituents is 1. The number of hydrogen-bond acceptors (Lipinski definition) is 4. The lowest BCUT2D eigenvalue weighted by Gasteiger charge is -2.10. The van der Waals surface area contributed by atoms with Gasteiger partial charge in [0, 0.05) is 24.4 Å². The van der Waals surface area contributed by atoms with Gasteiger partial charge in [-0.3, -0.25) is 10.1 Å². The molecule has 0 aliphatic rings. The van der Waals surface area contributed by atoms with E-state index in [1.54, 1.807) is 0 Å². The molecule has 1 rings (SSSR count). The van der Waals surface area contributed by atoms with E-state index in [1.807, 2.05) is 0 Å². The summed E-state index contributed by atoms with van der Waals surface area (Å²) in [7, 11) is 0.